The van der Waals surface area contributed by atoms with E-state index in [1.54, 1.807) is 0 Å². The van der Waals surface area contributed by atoms with Crippen molar-refractivity contribution >= 4 is 5.96 Å². The summed E-state index contributed by atoms with van der Waals surface area (Å²) < 4.78 is 5.60. The predicted molar refractivity (Wildman–Crippen MR) is 111 cm³/mol. The van der Waals surface area contributed by atoms with Gasteiger partial charge in [-0.15, -0.1) is 0 Å². The van der Waals surface area contributed by atoms with Crippen LogP contribution in [0.1, 0.15) is 50.2 Å². The fraction of sp³-hybridized carbons (Fsp3) is 0.682. The van der Waals surface area contributed by atoms with Crippen molar-refractivity contribution in [2.75, 3.05) is 26.7 Å². The molecule has 5 heteroatoms. The van der Waals surface area contributed by atoms with E-state index in [4.69, 9.17) is 9.73 Å². The number of guanidine groups is 1. The van der Waals surface area contributed by atoms with Crippen LogP contribution in [0.2, 0.25) is 0 Å². The van der Waals surface area contributed by atoms with E-state index in [-0.39, 0.29) is 0 Å². The van der Waals surface area contributed by atoms with Gasteiger partial charge in [-0.1, -0.05) is 18.6 Å². The minimum Gasteiger partial charge on any atom is -0.493 e. The summed E-state index contributed by atoms with van der Waals surface area (Å²) in [4.78, 5) is 7.47. The van der Waals surface area contributed by atoms with Gasteiger partial charge in [0.05, 0.1) is 6.61 Å². The van der Waals surface area contributed by atoms with E-state index in [9.17, 15) is 0 Å². The Morgan fingerprint density at radius 2 is 2.07 bits per heavy atom. The molecule has 2 saturated heterocycles. The van der Waals surface area contributed by atoms with Gasteiger partial charge in [0, 0.05) is 37.6 Å². The van der Waals surface area contributed by atoms with Gasteiger partial charge < -0.3 is 20.3 Å². The molecule has 0 aliphatic carbocycles. The van der Waals surface area contributed by atoms with Crippen LogP contribution in [0.4, 0.5) is 0 Å². The van der Waals surface area contributed by atoms with Gasteiger partial charge in [-0.25, -0.2) is 0 Å². The third kappa shape index (κ3) is 4.40. The normalized spacial score (nSPS) is 27.8. The van der Waals surface area contributed by atoms with Crippen molar-refractivity contribution in [2.24, 2.45) is 4.99 Å². The first-order chi connectivity index (χ1) is 13.2. The zero-order chi connectivity index (χ0) is 18.6. The van der Waals surface area contributed by atoms with E-state index in [2.05, 4.69) is 47.7 Å². The molecule has 0 spiro atoms. The maximum atomic E-state index is 5.60. The number of rotatable bonds is 5. The minimum atomic E-state index is 0.548. The van der Waals surface area contributed by atoms with Crippen LogP contribution in [0, 0.1) is 0 Å². The number of piperidine rings is 2. The van der Waals surface area contributed by atoms with E-state index in [1.807, 2.05) is 0 Å². The summed E-state index contributed by atoms with van der Waals surface area (Å²) in [6.45, 7) is 4.68. The monoisotopic (exact) mass is 370 g/mol. The first kappa shape index (κ1) is 18.6. The van der Waals surface area contributed by atoms with Gasteiger partial charge in [0.1, 0.15) is 5.75 Å². The number of hydrogen-bond acceptors (Lipinski definition) is 3. The predicted octanol–water partition coefficient (Wildman–Crippen LogP) is 2.73. The van der Waals surface area contributed by atoms with E-state index in [0.29, 0.717) is 6.04 Å². The molecule has 1 aromatic rings. The van der Waals surface area contributed by atoms with Gasteiger partial charge in [0.25, 0.3) is 0 Å². The standard InChI is InChI=1S/C22H34N4O/c1-3-23-22(25-18-14-19-5-4-6-20(15-18)26(19)2)24-11-9-16-7-8-21-17(13-16)10-12-27-21/h7-8,13,18-20H,3-6,9-12,14-15H2,1-2H3,(H2,23,24,25). The summed E-state index contributed by atoms with van der Waals surface area (Å²) in [5.41, 5.74) is 2.70. The fourth-order valence-electron chi connectivity index (χ4n) is 4.94. The molecule has 2 fully saturated rings. The Hall–Kier alpha value is -1.75. The molecule has 4 rings (SSSR count). The first-order valence-corrected chi connectivity index (χ1v) is 10.7. The molecule has 2 N–H and O–H groups in total. The molecule has 0 amide bonds. The molecule has 1 aromatic carbocycles. The Balaban J connectivity index is 1.33. The SMILES string of the molecule is CCNC(=NCCc1ccc2c(c1)CCO2)NC1CC2CCCC(C1)N2C. The second-order valence-corrected chi connectivity index (χ2v) is 8.27. The largest absolute Gasteiger partial charge is 0.493 e. The Morgan fingerprint density at radius 1 is 1.26 bits per heavy atom. The Bertz CT molecular complexity index is 660. The third-order valence-corrected chi connectivity index (χ3v) is 6.45. The van der Waals surface area contributed by atoms with Gasteiger partial charge in [0.15, 0.2) is 5.96 Å². The van der Waals surface area contributed by atoms with Crippen molar-refractivity contribution in [3.8, 4) is 5.75 Å². The number of benzene rings is 1. The average Bonchev–Trinajstić information content (AvgIpc) is 3.10. The highest BCUT2D eigenvalue weighted by Crippen LogP contribution is 2.32. The fourth-order valence-corrected chi connectivity index (χ4v) is 4.94. The second kappa shape index (κ2) is 8.51. The van der Waals surface area contributed by atoms with Crippen LogP contribution >= 0.6 is 0 Å². The zero-order valence-corrected chi connectivity index (χ0v) is 16.8. The summed E-state index contributed by atoms with van der Waals surface area (Å²) in [5, 5.41) is 7.17. The smallest absolute Gasteiger partial charge is 0.191 e. The third-order valence-electron chi connectivity index (χ3n) is 6.45. The highest BCUT2D eigenvalue weighted by molar-refractivity contribution is 5.80. The highest BCUT2D eigenvalue weighted by Gasteiger charge is 2.36. The quantitative estimate of drug-likeness (QED) is 0.618. The lowest BCUT2D eigenvalue weighted by molar-refractivity contribution is 0.0526. The summed E-state index contributed by atoms with van der Waals surface area (Å²) in [6.07, 6.45) is 8.58. The van der Waals surface area contributed by atoms with E-state index in [1.165, 1.54) is 43.2 Å². The van der Waals surface area contributed by atoms with Crippen molar-refractivity contribution in [3.63, 3.8) is 0 Å². The molecular weight excluding hydrogens is 336 g/mol. The first-order valence-electron chi connectivity index (χ1n) is 10.7. The number of hydrogen-bond donors (Lipinski definition) is 2. The summed E-state index contributed by atoms with van der Waals surface area (Å²) in [5.74, 6) is 2.04. The van der Waals surface area contributed by atoms with Crippen molar-refractivity contribution in [3.05, 3.63) is 29.3 Å². The molecule has 3 heterocycles. The molecule has 0 radical (unpaired) electrons. The highest BCUT2D eigenvalue weighted by atomic mass is 16.5. The lowest BCUT2D eigenvalue weighted by Crippen LogP contribution is -2.56. The van der Waals surface area contributed by atoms with Crippen LogP contribution in [0.25, 0.3) is 0 Å². The van der Waals surface area contributed by atoms with E-state index in [0.717, 1.165) is 56.3 Å². The van der Waals surface area contributed by atoms with Gasteiger partial charge in [-0.2, -0.15) is 0 Å². The molecule has 5 nitrogen and oxygen atoms in total. The average molecular weight is 371 g/mol. The van der Waals surface area contributed by atoms with Crippen LogP contribution < -0.4 is 15.4 Å². The van der Waals surface area contributed by atoms with Gasteiger partial charge in [-0.3, -0.25) is 4.99 Å². The molecule has 2 unspecified atom stereocenters. The van der Waals surface area contributed by atoms with Gasteiger partial charge in [0.2, 0.25) is 0 Å². The van der Waals surface area contributed by atoms with Crippen LogP contribution in [0.15, 0.2) is 23.2 Å². The summed E-state index contributed by atoms with van der Waals surface area (Å²) in [6, 6.07) is 8.61. The lowest BCUT2D eigenvalue weighted by Gasteiger charge is -2.47. The Morgan fingerprint density at radius 3 is 2.85 bits per heavy atom. The van der Waals surface area contributed by atoms with Crippen molar-refractivity contribution < 1.29 is 4.74 Å². The van der Waals surface area contributed by atoms with Crippen molar-refractivity contribution in [1.82, 2.24) is 15.5 Å². The number of aliphatic imine (C=N–C) groups is 1. The zero-order valence-electron chi connectivity index (χ0n) is 16.8. The Labute approximate surface area is 163 Å². The van der Waals surface area contributed by atoms with Crippen LogP contribution in [0.5, 0.6) is 5.75 Å². The van der Waals surface area contributed by atoms with E-state index >= 15 is 0 Å². The molecule has 2 atom stereocenters. The topological polar surface area (TPSA) is 48.9 Å². The summed E-state index contributed by atoms with van der Waals surface area (Å²) >= 11 is 0. The molecule has 3 aliphatic heterocycles. The van der Waals surface area contributed by atoms with Crippen LogP contribution in [-0.2, 0) is 12.8 Å². The molecule has 148 valence electrons. The molecular formula is C22H34N4O. The van der Waals surface area contributed by atoms with Crippen LogP contribution in [-0.4, -0.2) is 55.7 Å². The van der Waals surface area contributed by atoms with Gasteiger partial charge >= 0.3 is 0 Å². The molecule has 0 saturated carbocycles. The molecule has 2 bridgehead atoms. The maximum Gasteiger partial charge on any atom is 0.191 e. The summed E-state index contributed by atoms with van der Waals surface area (Å²) in [7, 11) is 2.31. The maximum absolute atomic E-state index is 5.60. The van der Waals surface area contributed by atoms with Gasteiger partial charge in [-0.05, 0) is 63.3 Å². The second-order valence-electron chi connectivity index (χ2n) is 8.27. The van der Waals surface area contributed by atoms with Crippen LogP contribution in [0.3, 0.4) is 0 Å². The number of nitrogens with one attached hydrogen (secondary N) is 2. The van der Waals surface area contributed by atoms with Crippen molar-refractivity contribution in [2.45, 2.75) is 70.0 Å². The molecule has 0 aromatic heterocycles. The Kier molecular flexibility index (Phi) is 5.86. The lowest BCUT2D eigenvalue weighted by atomic mass is 9.82. The van der Waals surface area contributed by atoms with Crippen molar-refractivity contribution in [1.29, 1.82) is 0 Å². The molecule has 27 heavy (non-hydrogen) atoms. The van der Waals surface area contributed by atoms with E-state index < -0.39 is 0 Å². The molecule has 3 aliphatic rings. The number of ether oxygens (including phenoxy) is 1. The number of nitrogens with zero attached hydrogens (tertiary/aromatic N) is 2. The minimum absolute atomic E-state index is 0.548. The number of fused-ring (bicyclic) bond motifs is 3.